The topological polar surface area (TPSA) is 58.2 Å². The summed E-state index contributed by atoms with van der Waals surface area (Å²) in [5.41, 5.74) is 0.0143. The van der Waals surface area contributed by atoms with E-state index in [0.29, 0.717) is 19.0 Å². The monoisotopic (exact) mass is 322 g/mol. The van der Waals surface area contributed by atoms with E-state index in [-0.39, 0.29) is 5.41 Å². The molecule has 0 atom stereocenters. The van der Waals surface area contributed by atoms with Crippen LogP contribution in [0.3, 0.4) is 0 Å². The lowest BCUT2D eigenvalue weighted by molar-refractivity contribution is -0.139. The molecule has 122 valence electrons. The van der Waals surface area contributed by atoms with Gasteiger partial charge in [-0.1, -0.05) is 39.2 Å². The molecule has 2 amide bonds. The van der Waals surface area contributed by atoms with E-state index in [0.717, 1.165) is 12.8 Å². The zero-order chi connectivity index (χ0) is 16.0. The number of nitrogens with one attached hydrogen (secondary N) is 2. The fourth-order valence-corrected chi connectivity index (χ4v) is 4.01. The fourth-order valence-electron chi connectivity index (χ4n) is 3.03. The van der Waals surface area contributed by atoms with Crippen LogP contribution >= 0.6 is 11.3 Å². The maximum Gasteiger partial charge on any atom is 0.309 e. The Bertz CT molecular complexity index is 491. The van der Waals surface area contributed by atoms with Crippen LogP contribution in [-0.2, 0) is 15.0 Å². The number of hydrogen-bond acceptors (Lipinski definition) is 3. The second-order valence-corrected chi connectivity index (χ2v) is 7.55. The first-order valence-electron chi connectivity index (χ1n) is 8.13. The van der Waals surface area contributed by atoms with Gasteiger partial charge in [-0.3, -0.25) is 9.59 Å². The van der Waals surface area contributed by atoms with Gasteiger partial charge in [0.05, 0.1) is 0 Å². The third kappa shape index (κ3) is 4.32. The molecule has 1 aliphatic rings. The van der Waals surface area contributed by atoms with Crippen LogP contribution in [0, 0.1) is 5.92 Å². The van der Waals surface area contributed by atoms with Crippen molar-refractivity contribution in [1.82, 2.24) is 10.6 Å². The third-order valence-corrected chi connectivity index (χ3v) is 5.44. The van der Waals surface area contributed by atoms with Gasteiger partial charge >= 0.3 is 11.8 Å². The third-order valence-electron chi connectivity index (χ3n) is 4.32. The second-order valence-electron chi connectivity index (χ2n) is 6.60. The molecule has 0 radical (unpaired) electrons. The van der Waals surface area contributed by atoms with Crippen LogP contribution in [0.15, 0.2) is 17.5 Å². The second kappa shape index (κ2) is 7.77. The molecule has 4 nitrogen and oxygen atoms in total. The summed E-state index contributed by atoms with van der Waals surface area (Å²) >= 11 is 1.75. The highest BCUT2D eigenvalue weighted by molar-refractivity contribution is 7.10. The van der Waals surface area contributed by atoms with Crippen molar-refractivity contribution >= 4 is 23.2 Å². The first kappa shape index (κ1) is 17.0. The largest absolute Gasteiger partial charge is 0.348 e. The van der Waals surface area contributed by atoms with Gasteiger partial charge in [0.15, 0.2) is 0 Å². The molecule has 22 heavy (non-hydrogen) atoms. The van der Waals surface area contributed by atoms with Gasteiger partial charge in [0.25, 0.3) is 0 Å². The maximum absolute atomic E-state index is 12.0. The Morgan fingerprint density at radius 2 is 1.86 bits per heavy atom. The van der Waals surface area contributed by atoms with E-state index in [1.165, 1.54) is 24.1 Å². The van der Waals surface area contributed by atoms with E-state index in [1.807, 2.05) is 13.8 Å². The Morgan fingerprint density at radius 3 is 2.45 bits per heavy atom. The van der Waals surface area contributed by atoms with E-state index in [9.17, 15) is 9.59 Å². The molecule has 1 saturated carbocycles. The van der Waals surface area contributed by atoms with Crippen molar-refractivity contribution in [2.24, 2.45) is 5.92 Å². The maximum atomic E-state index is 12.0. The van der Waals surface area contributed by atoms with Crippen LogP contribution in [0.4, 0.5) is 0 Å². The zero-order valence-corrected chi connectivity index (χ0v) is 14.3. The van der Waals surface area contributed by atoms with E-state index >= 15 is 0 Å². The Balaban J connectivity index is 1.94. The average molecular weight is 322 g/mol. The van der Waals surface area contributed by atoms with Crippen LogP contribution in [0.1, 0.15) is 50.8 Å². The van der Waals surface area contributed by atoms with Gasteiger partial charge in [0, 0.05) is 23.4 Å². The van der Waals surface area contributed by atoms with Gasteiger partial charge < -0.3 is 10.6 Å². The van der Waals surface area contributed by atoms with E-state index in [1.54, 1.807) is 11.3 Å². The normalized spacial score (nSPS) is 17.2. The minimum Gasteiger partial charge on any atom is -0.348 e. The first-order valence-corrected chi connectivity index (χ1v) is 9.01. The number of rotatable bonds is 5. The van der Waals surface area contributed by atoms with Gasteiger partial charge in [-0.2, -0.15) is 0 Å². The Kier molecular flexibility index (Phi) is 6.00. The molecule has 0 unspecified atom stereocenters. The quantitative estimate of drug-likeness (QED) is 0.819. The molecule has 0 bridgehead atoms. The van der Waals surface area contributed by atoms with Crippen molar-refractivity contribution in [2.45, 2.75) is 51.4 Å². The minimum atomic E-state index is -0.522. The van der Waals surface area contributed by atoms with E-state index in [4.69, 9.17) is 0 Å². The van der Waals surface area contributed by atoms with Gasteiger partial charge in [-0.05, 0) is 30.2 Å². The summed E-state index contributed by atoms with van der Waals surface area (Å²) in [5, 5.41) is 7.62. The van der Waals surface area contributed by atoms with Crippen molar-refractivity contribution in [3.8, 4) is 0 Å². The van der Waals surface area contributed by atoms with Gasteiger partial charge in [-0.15, -0.1) is 11.3 Å². The standard InChI is InChI=1S/C17H26N2O2S/c1-13(2)11-18-15(20)16(21)19-12-17(8-4-3-5-9-17)14-7-6-10-22-14/h6-7,10,13H,3-5,8-9,11-12H2,1-2H3,(H,18,20)(H,19,21). The Labute approximate surface area is 136 Å². The highest BCUT2D eigenvalue weighted by Crippen LogP contribution is 2.41. The van der Waals surface area contributed by atoms with Gasteiger partial charge in [0.2, 0.25) is 0 Å². The summed E-state index contributed by atoms with van der Waals surface area (Å²) in [5.74, 6) is -0.694. The fraction of sp³-hybridized carbons (Fsp3) is 0.647. The molecule has 0 saturated heterocycles. The summed E-state index contributed by atoms with van der Waals surface area (Å²) < 4.78 is 0. The summed E-state index contributed by atoms with van der Waals surface area (Å²) in [6.45, 7) is 5.10. The summed E-state index contributed by atoms with van der Waals surface area (Å²) in [6.07, 6.45) is 5.80. The number of carbonyl (C=O) groups excluding carboxylic acids is 2. The van der Waals surface area contributed by atoms with Crippen LogP contribution in [0.5, 0.6) is 0 Å². The van der Waals surface area contributed by atoms with Crippen molar-refractivity contribution in [3.63, 3.8) is 0 Å². The lowest BCUT2D eigenvalue weighted by Gasteiger charge is -2.36. The van der Waals surface area contributed by atoms with Crippen molar-refractivity contribution < 1.29 is 9.59 Å². The molecule has 2 rings (SSSR count). The van der Waals surface area contributed by atoms with Crippen molar-refractivity contribution in [1.29, 1.82) is 0 Å². The highest BCUT2D eigenvalue weighted by atomic mass is 32.1. The van der Waals surface area contributed by atoms with Gasteiger partial charge in [-0.25, -0.2) is 0 Å². The first-order chi connectivity index (χ1) is 10.5. The lowest BCUT2D eigenvalue weighted by atomic mass is 9.73. The smallest absolute Gasteiger partial charge is 0.309 e. The van der Waals surface area contributed by atoms with E-state index in [2.05, 4.69) is 28.1 Å². The summed E-state index contributed by atoms with van der Waals surface area (Å²) in [6, 6.07) is 4.22. The predicted octanol–water partition coefficient (Wildman–Crippen LogP) is 2.84. The molecular formula is C17H26N2O2S. The predicted molar refractivity (Wildman–Crippen MR) is 89.9 cm³/mol. The molecule has 2 N–H and O–H groups in total. The van der Waals surface area contributed by atoms with Gasteiger partial charge in [0.1, 0.15) is 0 Å². The van der Waals surface area contributed by atoms with Crippen LogP contribution in [-0.4, -0.2) is 24.9 Å². The molecular weight excluding hydrogens is 296 g/mol. The molecule has 0 spiro atoms. The van der Waals surface area contributed by atoms with Crippen LogP contribution in [0.25, 0.3) is 0 Å². The number of amides is 2. The summed E-state index contributed by atoms with van der Waals surface area (Å²) in [7, 11) is 0. The number of carbonyl (C=O) groups is 2. The molecule has 1 aromatic rings. The molecule has 0 aromatic carbocycles. The zero-order valence-electron chi connectivity index (χ0n) is 13.5. The van der Waals surface area contributed by atoms with Crippen LogP contribution < -0.4 is 10.6 Å². The molecule has 5 heteroatoms. The number of thiophene rings is 1. The minimum absolute atomic E-state index is 0.0143. The molecule has 1 aromatic heterocycles. The average Bonchev–Trinajstić information content (AvgIpc) is 3.06. The SMILES string of the molecule is CC(C)CNC(=O)C(=O)NCC1(c2cccs2)CCCCC1. The Hall–Kier alpha value is -1.36. The molecule has 0 aliphatic heterocycles. The Morgan fingerprint density at radius 1 is 1.18 bits per heavy atom. The van der Waals surface area contributed by atoms with E-state index < -0.39 is 11.8 Å². The highest BCUT2D eigenvalue weighted by Gasteiger charge is 2.35. The van der Waals surface area contributed by atoms with Crippen molar-refractivity contribution in [2.75, 3.05) is 13.1 Å². The lowest BCUT2D eigenvalue weighted by Crippen LogP contribution is -2.47. The van der Waals surface area contributed by atoms with Crippen molar-refractivity contribution in [3.05, 3.63) is 22.4 Å². The van der Waals surface area contributed by atoms with Crippen LogP contribution in [0.2, 0.25) is 0 Å². The molecule has 1 aliphatic carbocycles. The summed E-state index contributed by atoms with van der Waals surface area (Å²) in [4.78, 5) is 25.1. The molecule has 1 heterocycles. The number of hydrogen-bond donors (Lipinski definition) is 2. The molecule has 1 fully saturated rings.